The van der Waals surface area contributed by atoms with Gasteiger partial charge in [-0.1, -0.05) is 13.8 Å². The van der Waals surface area contributed by atoms with Gasteiger partial charge in [0.05, 0.1) is 13.7 Å². The summed E-state index contributed by atoms with van der Waals surface area (Å²) in [6.45, 7) is 4.14. The molecular weight excluding hydrogens is 214 g/mol. The first-order chi connectivity index (χ1) is 8.01. The Kier molecular flexibility index (Phi) is 2.87. The topological polar surface area (TPSA) is 34.4 Å². The standard InChI is InChI=1S/C14H19NO2/c1-14(2,9-16)13-10-7-8-15(3)11(10)5-6-12(13)17-4/h5-8,16H,9H2,1-4H3. The number of benzene rings is 1. The number of nitrogens with zero attached hydrogens (tertiary/aromatic N) is 1. The second-order valence-corrected chi connectivity index (χ2v) is 5.04. The Morgan fingerprint density at radius 1 is 1.29 bits per heavy atom. The van der Waals surface area contributed by atoms with Crippen LogP contribution in [0.3, 0.4) is 0 Å². The Balaban J connectivity index is 2.80. The molecule has 3 heteroatoms. The summed E-state index contributed by atoms with van der Waals surface area (Å²) in [5, 5.41) is 10.7. The number of aliphatic hydroxyl groups is 1. The molecule has 17 heavy (non-hydrogen) atoms. The summed E-state index contributed by atoms with van der Waals surface area (Å²) >= 11 is 0. The summed E-state index contributed by atoms with van der Waals surface area (Å²) in [6, 6.07) is 6.09. The molecule has 2 rings (SSSR count). The summed E-state index contributed by atoms with van der Waals surface area (Å²) < 4.78 is 7.51. The summed E-state index contributed by atoms with van der Waals surface area (Å²) in [5.41, 5.74) is 1.91. The summed E-state index contributed by atoms with van der Waals surface area (Å²) in [7, 11) is 3.69. The van der Waals surface area contributed by atoms with Crippen LogP contribution in [-0.2, 0) is 12.5 Å². The largest absolute Gasteiger partial charge is 0.496 e. The van der Waals surface area contributed by atoms with Crippen LogP contribution in [0.5, 0.6) is 5.75 Å². The van der Waals surface area contributed by atoms with Gasteiger partial charge in [0, 0.05) is 35.1 Å². The molecule has 1 heterocycles. The molecular formula is C14H19NO2. The van der Waals surface area contributed by atoms with Gasteiger partial charge in [0.2, 0.25) is 0 Å². The lowest BCUT2D eigenvalue weighted by molar-refractivity contribution is 0.216. The van der Waals surface area contributed by atoms with Gasteiger partial charge in [-0.05, 0) is 18.2 Å². The van der Waals surface area contributed by atoms with Crippen LogP contribution in [0.15, 0.2) is 24.4 Å². The van der Waals surface area contributed by atoms with Gasteiger partial charge in [-0.3, -0.25) is 0 Å². The molecule has 3 nitrogen and oxygen atoms in total. The van der Waals surface area contributed by atoms with Gasteiger partial charge in [0.15, 0.2) is 0 Å². The van der Waals surface area contributed by atoms with Gasteiger partial charge in [0.1, 0.15) is 5.75 Å². The Morgan fingerprint density at radius 3 is 2.59 bits per heavy atom. The van der Waals surface area contributed by atoms with Crippen LogP contribution in [0.1, 0.15) is 19.4 Å². The molecule has 1 N–H and O–H groups in total. The van der Waals surface area contributed by atoms with E-state index in [1.165, 1.54) is 0 Å². The highest BCUT2D eigenvalue weighted by Crippen LogP contribution is 2.37. The van der Waals surface area contributed by atoms with Crippen LogP contribution in [0.25, 0.3) is 10.9 Å². The molecule has 1 aromatic heterocycles. The van der Waals surface area contributed by atoms with Crippen molar-refractivity contribution in [1.82, 2.24) is 4.57 Å². The summed E-state index contributed by atoms with van der Waals surface area (Å²) in [5.74, 6) is 0.836. The minimum Gasteiger partial charge on any atom is -0.496 e. The number of aromatic nitrogens is 1. The van der Waals surface area contributed by atoms with E-state index in [-0.39, 0.29) is 12.0 Å². The Morgan fingerprint density at radius 2 is 2.00 bits per heavy atom. The van der Waals surface area contributed by atoms with E-state index in [0.29, 0.717) is 0 Å². The van der Waals surface area contributed by atoms with E-state index in [1.54, 1.807) is 7.11 Å². The number of ether oxygens (including phenoxy) is 1. The molecule has 0 aliphatic heterocycles. The first kappa shape index (κ1) is 12.0. The smallest absolute Gasteiger partial charge is 0.123 e. The molecule has 0 saturated carbocycles. The van der Waals surface area contributed by atoms with Crippen molar-refractivity contribution in [3.8, 4) is 5.75 Å². The van der Waals surface area contributed by atoms with Crippen molar-refractivity contribution in [2.24, 2.45) is 7.05 Å². The molecule has 0 spiro atoms. The van der Waals surface area contributed by atoms with Crippen LogP contribution in [0.2, 0.25) is 0 Å². The van der Waals surface area contributed by atoms with Crippen molar-refractivity contribution in [3.63, 3.8) is 0 Å². The normalized spacial score (nSPS) is 12.1. The third-order valence-corrected chi connectivity index (χ3v) is 3.32. The number of hydrogen-bond donors (Lipinski definition) is 1. The lowest BCUT2D eigenvalue weighted by atomic mass is 9.83. The average Bonchev–Trinajstić information content (AvgIpc) is 2.69. The first-order valence-electron chi connectivity index (χ1n) is 5.74. The van der Waals surface area contributed by atoms with Crippen LogP contribution in [-0.4, -0.2) is 23.4 Å². The lowest BCUT2D eigenvalue weighted by Gasteiger charge is -2.25. The molecule has 0 fully saturated rings. The zero-order chi connectivity index (χ0) is 12.6. The van der Waals surface area contributed by atoms with Gasteiger partial charge in [-0.2, -0.15) is 0 Å². The number of fused-ring (bicyclic) bond motifs is 1. The molecule has 0 saturated heterocycles. The van der Waals surface area contributed by atoms with Crippen molar-refractivity contribution in [1.29, 1.82) is 0 Å². The van der Waals surface area contributed by atoms with Crippen LogP contribution in [0, 0.1) is 0 Å². The molecule has 92 valence electrons. The molecule has 2 aromatic rings. The van der Waals surface area contributed by atoms with Gasteiger partial charge in [-0.25, -0.2) is 0 Å². The van der Waals surface area contributed by atoms with E-state index in [2.05, 4.69) is 10.6 Å². The van der Waals surface area contributed by atoms with E-state index in [0.717, 1.165) is 22.2 Å². The van der Waals surface area contributed by atoms with Crippen molar-refractivity contribution < 1.29 is 9.84 Å². The van der Waals surface area contributed by atoms with E-state index in [1.807, 2.05) is 39.2 Å². The molecule has 1 aromatic carbocycles. The number of aliphatic hydroxyl groups excluding tert-OH is 1. The van der Waals surface area contributed by atoms with Gasteiger partial charge in [-0.15, -0.1) is 0 Å². The highest BCUT2D eigenvalue weighted by atomic mass is 16.5. The minimum atomic E-state index is -0.313. The zero-order valence-corrected chi connectivity index (χ0v) is 10.8. The third kappa shape index (κ3) is 1.80. The Labute approximate surface area is 102 Å². The van der Waals surface area contributed by atoms with E-state index in [4.69, 9.17) is 4.74 Å². The predicted molar refractivity (Wildman–Crippen MR) is 69.6 cm³/mol. The number of aryl methyl sites for hydroxylation is 1. The Hall–Kier alpha value is -1.48. The van der Waals surface area contributed by atoms with E-state index in [9.17, 15) is 5.11 Å². The number of rotatable bonds is 3. The maximum Gasteiger partial charge on any atom is 0.123 e. The lowest BCUT2D eigenvalue weighted by Crippen LogP contribution is -2.23. The van der Waals surface area contributed by atoms with E-state index < -0.39 is 0 Å². The van der Waals surface area contributed by atoms with Gasteiger partial charge < -0.3 is 14.4 Å². The molecule has 0 amide bonds. The average molecular weight is 233 g/mol. The second kappa shape index (κ2) is 4.08. The number of hydrogen-bond acceptors (Lipinski definition) is 2. The Bertz CT molecular complexity index is 540. The SMILES string of the molecule is COc1ccc2c(ccn2C)c1C(C)(C)CO. The van der Waals surface area contributed by atoms with Crippen molar-refractivity contribution in [2.45, 2.75) is 19.3 Å². The van der Waals surface area contributed by atoms with Crippen LogP contribution in [0.4, 0.5) is 0 Å². The quantitative estimate of drug-likeness (QED) is 0.883. The second-order valence-electron chi connectivity index (χ2n) is 5.04. The van der Waals surface area contributed by atoms with Crippen molar-refractivity contribution >= 4 is 10.9 Å². The van der Waals surface area contributed by atoms with Gasteiger partial charge >= 0.3 is 0 Å². The monoisotopic (exact) mass is 233 g/mol. The number of methoxy groups -OCH3 is 1. The highest BCUT2D eigenvalue weighted by Gasteiger charge is 2.26. The fourth-order valence-corrected chi connectivity index (χ4v) is 2.28. The van der Waals surface area contributed by atoms with Crippen LogP contribution >= 0.6 is 0 Å². The third-order valence-electron chi connectivity index (χ3n) is 3.32. The maximum absolute atomic E-state index is 9.57. The maximum atomic E-state index is 9.57. The fourth-order valence-electron chi connectivity index (χ4n) is 2.28. The van der Waals surface area contributed by atoms with Crippen molar-refractivity contribution in [3.05, 3.63) is 30.0 Å². The molecule has 0 unspecified atom stereocenters. The molecule has 0 radical (unpaired) electrons. The summed E-state index contributed by atoms with van der Waals surface area (Å²) in [6.07, 6.45) is 2.03. The zero-order valence-electron chi connectivity index (χ0n) is 10.8. The van der Waals surface area contributed by atoms with E-state index >= 15 is 0 Å². The summed E-state index contributed by atoms with van der Waals surface area (Å²) in [4.78, 5) is 0. The fraction of sp³-hybridized carbons (Fsp3) is 0.429. The first-order valence-corrected chi connectivity index (χ1v) is 5.74. The molecule has 0 aliphatic carbocycles. The predicted octanol–water partition coefficient (Wildman–Crippen LogP) is 2.46. The molecule has 0 aliphatic rings. The van der Waals surface area contributed by atoms with Gasteiger partial charge in [0.25, 0.3) is 0 Å². The molecule has 0 atom stereocenters. The van der Waals surface area contributed by atoms with Crippen LogP contribution < -0.4 is 4.74 Å². The van der Waals surface area contributed by atoms with Crippen molar-refractivity contribution in [2.75, 3.05) is 13.7 Å². The molecule has 0 bridgehead atoms. The minimum absolute atomic E-state index is 0.0946. The highest BCUT2D eigenvalue weighted by molar-refractivity contribution is 5.87.